The van der Waals surface area contributed by atoms with E-state index < -0.39 is 0 Å². The van der Waals surface area contributed by atoms with Gasteiger partial charge in [0, 0.05) is 32.0 Å². The van der Waals surface area contributed by atoms with Crippen LogP contribution < -0.4 is 15.4 Å². The fourth-order valence-corrected chi connectivity index (χ4v) is 3.21. The molecule has 2 N–H and O–H groups in total. The number of nitrogens with two attached hydrogens (primary N) is 1. The Morgan fingerprint density at radius 2 is 1.95 bits per heavy atom. The minimum atomic E-state index is 0.208. The van der Waals surface area contributed by atoms with E-state index in [2.05, 4.69) is 43.5 Å². The van der Waals surface area contributed by atoms with Gasteiger partial charge in [0.2, 0.25) is 5.95 Å². The molecule has 22 heavy (non-hydrogen) atoms. The van der Waals surface area contributed by atoms with Gasteiger partial charge >= 0.3 is 0 Å². The summed E-state index contributed by atoms with van der Waals surface area (Å²) in [6.45, 7) is 1.72. The predicted octanol–water partition coefficient (Wildman–Crippen LogP) is 3.36. The number of piperidine rings is 1. The standard InChI is InChI=1S/C15H16ClIN4O/c16-13-9-14(20-15(18)19-13)21-7-5-10(6-8-21)22-12-4-2-1-3-11(12)17/h1-4,9-10H,5-8H2,(H2,18,19,20). The molecule has 0 aliphatic carbocycles. The lowest BCUT2D eigenvalue weighted by Gasteiger charge is -2.33. The van der Waals surface area contributed by atoms with Gasteiger partial charge in [-0.25, -0.2) is 4.98 Å². The SMILES string of the molecule is Nc1nc(Cl)cc(N2CCC(Oc3ccccc3I)CC2)n1. The van der Waals surface area contributed by atoms with Crippen LogP contribution in [0.5, 0.6) is 5.75 Å². The average molecular weight is 431 g/mol. The molecule has 3 rings (SSSR count). The molecule has 0 amide bonds. The number of benzene rings is 1. The van der Waals surface area contributed by atoms with Crippen LogP contribution in [0.15, 0.2) is 30.3 Å². The normalized spacial score (nSPS) is 15.8. The summed E-state index contributed by atoms with van der Waals surface area (Å²) >= 11 is 8.24. The van der Waals surface area contributed by atoms with Gasteiger partial charge in [0.1, 0.15) is 22.8 Å². The Bertz CT molecular complexity index is 641. The molecule has 0 unspecified atom stereocenters. The van der Waals surface area contributed by atoms with Crippen LogP contribution in [-0.2, 0) is 0 Å². The lowest BCUT2D eigenvalue weighted by atomic mass is 10.1. The molecular formula is C15H16ClIN4O. The van der Waals surface area contributed by atoms with Crippen molar-refractivity contribution in [2.45, 2.75) is 18.9 Å². The van der Waals surface area contributed by atoms with Gasteiger partial charge in [-0.3, -0.25) is 0 Å². The van der Waals surface area contributed by atoms with Crippen molar-refractivity contribution < 1.29 is 4.74 Å². The number of halogens is 2. The molecule has 1 aliphatic rings. The zero-order valence-corrected chi connectivity index (χ0v) is 14.8. The monoisotopic (exact) mass is 430 g/mol. The molecule has 7 heteroatoms. The van der Waals surface area contributed by atoms with Gasteiger partial charge in [-0.2, -0.15) is 4.98 Å². The average Bonchev–Trinajstić information content (AvgIpc) is 2.49. The zero-order chi connectivity index (χ0) is 15.5. The number of anilines is 2. The molecule has 1 fully saturated rings. The summed E-state index contributed by atoms with van der Waals surface area (Å²) in [6, 6.07) is 9.83. The van der Waals surface area contributed by atoms with Crippen LogP contribution >= 0.6 is 34.2 Å². The van der Waals surface area contributed by atoms with E-state index in [1.165, 1.54) is 0 Å². The van der Waals surface area contributed by atoms with E-state index in [1.54, 1.807) is 6.07 Å². The number of aromatic nitrogens is 2. The summed E-state index contributed by atoms with van der Waals surface area (Å²) in [5, 5.41) is 0.375. The van der Waals surface area contributed by atoms with E-state index in [0.29, 0.717) is 5.15 Å². The summed E-state index contributed by atoms with van der Waals surface area (Å²) in [4.78, 5) is 10.3. The molecular weight excluding hydrogens is 415 g/mol. The van der Waals surface area contributed by atoms with E-state index in [0.717, 1.165) is 41.1 Å². The second-order valence-corrected chi connectivity index (χ2v) is 6.69. The van der Waals surface area contributed by atoms with Crippen molar-refractivity contribution >= 4 is 46.0 Å². The fraction of sp³-hybridized carbons (Fsp3) is 0.333. The highest BCUT2D eigenvalue weighted by atomic mass is 127. The number of ether oxygens (including phenoxy) is 1. The lowest BCUT2D eigenvalue weighted by Crippen LogP contribution is -2.38. The van der Waals surface area contributed by atoms with Crippen molar-refractivity contribution in [3.63, 3.8) is 0 Å². The van der Waals surface area contributed by atoms with Gasteiger partial charge in [0.15, 0.2) is 0 Å². The minimum absolute atomic E-state index is 0.208. The first kappa shape index (κ1) is 15.6. The van der Waals surface area contributed by atoms with Crippen molar-refractivity contribution in [3.05, 3.63) is 39.1 Å². The van der Waals surface area contributed by atoms with Crippen LogP contribution in [0, 0.1) is 3.57 Å². The Morgan fingerprint density at radius 1 is 1.23 bits per heavy atom. The summed E-state index contributed by atoms with van der Waals surface area (Å²) < 4.78 is 7.24. The van der Waals surface area contributed by atoms with Gasteiger partial charge in [-0.15, -0.1) is 0 Å². The highest BCUT2D eigenvalue weighted by Gasteiger charge is 2.22. The minimum Gasteiger partial charge on any atom is -0.489 e. The number of para-hydroxylation sites is 1. The third-order valence-corrected chi connectivity index (χ3v) is 4.68. The first-order chi connectivity index (χ1) is 10.6. The molecule has 1 aliphatic heterocycles. The van der Waals surface area contributed by atoms with E-state index in [-0.39, 0.29) is 12.1 Å². The van der Waals surface area contributed by atoms with Crippen molar-refractivity contribution in [3.8, 4) is 5.75 Å². The van der Waals surface area contributed by atoms with Gasteiger partial charge in [0.05, 0.1) is 3.57 Å². The van der Waals surface area contributed by atoms with Crippen molar-refractivity contribution in [2.75, 3.05) is 23.7 Å². The topological polar surface area (TPSA) is 64.3 Å². The highest BCUT2D eigenvalue weighted by molar-refractivity contribution is 14.1. The molecule has 1 aromatic carbocycles. The van der Waals surface area contributed by atoms with Gasteiger partial charge < -0.3 is 15.4 Å². The largest absolute Gasteiger partial charge is 0.489 e. The van der Waals surface area contributed by atoms with Crippen molar-refractivity contribution in [1.82, 2.24) is 9.97 Å². The summed E-state index contributed by atoms with van der Waals surface area (Å²) in [6.07, 6.45) is 2.10. The first-order valence-corrected chi connectivity index (χ1v) is 8.53. The molecule has 5 nitrogen and oxygen atoms in total. The zero-order valence-electron chi connectivity index (χ0n) is 11.9. The number of rotatable bonds is 3. The van der Waals surface area contributed by atoms with E-state index in [9.17, 15) is 0 Å². The maximum Gasteiger partial charge on any atom is 0.223 e. The quantitative estimate of drug-likeness (QED) is 0.597. The van der Waals surface area contributed by atoms with E-state index >= 15 is 0 Å². The third-order valence-electron chi connectivity index (χ3n) is 3.59. The lowest BCUT2D eigenvalue weighted by molar-refractivity contribution is 0.169. The molecule has 1 aromatic heterocycles. The van der Waals surface area contributed by atoms with Crippen LogP contribution in [0.25, 0.3) is 0 Å². The molecule has 2 heterocycles. The maximum absolute atomic E-state index is 6.10. The Morgan fingerprint density at radius 3 is 2.64 bits per heavy atom. The Balaban J connectivity index is 1.62. The molecule has 0 atom stereocenters. The molecule has 0 bridgehead atoms. The second kappa shape index (κ2) is 6.87. The summed E-state index contributed by atoms with van der Waals surface area (Å²) in [5.41, 5.74) is 5.65. The van der Waals surface area contributed by atoms with Gasteiger partial charge in [0.25, 0.3) is 0 Å². The number of hydrogen-bond donors (Lipinski definition) is 1. The second-order valence-electron chi connectivity index (χ2n) is 5.14. The Labute approximate surface area is 148 Å². The van der Waals surface area contributed by atoms with Gasteiger partial charge in [-0.05, 0) is 34.7 Å². The summed E-state index contributed by atoms with van der Waals surface area (Å²) in [5.74, 6) is 1.95. The van der Waals surface area contributed by atoms with Crippen molar-refractivity contribution in [2.24, 2.45) is 0 Å². The molecule has 1 saturated heterocycles. The van der Waals surface area contributed by atoms with E-state index in [4.69, 9.17) is 22.1 Å². The number of nitrogen functional groups attached to an aromatic ring is 1. The summed E-state index contributed by atoms with van der Waals surface area (Å²) in [7, 11) is 0. The molecule has 116 valence electrons. The Hall–Kier alpha value is -1.28. The van der Waals surface area contributed by atoms with Crippen molar-refractivity contribution in [1.29, 1.82) is 0 Å². The predicted molar refractivity (Wildman–Crippen MR) is 96.5 cm³/mol. The molecule has 0 saturated carbocycles. The van der Waals surface area contributed by atoms with Crippen LogP contribution in [0.4, 0.5) is 11.8 Å². The fourth-order valence-electron chi connectivity index (χ4n) is 2.51. The van der Waals surface area contributed by atoms with Crippen LogP contribution in [0.3, 0.4) is 0 Å². The maximum atomic E-state index is 6.10. The van der Waals surface area contributed by atoms with Crippen LogP contribution in [0.2, 0.25) is 5.15 Å². The number of nitrogens with zero attached hydrogens (tertiary/aromatic N) is 3. The molecule has 0 spiro atoms. The highest BCUT2D eigenvalue weighted by Crippen LogP contribution is 2.26. The Kier molecular flexibility index (Phi) is 4.87. The number of hydrogen-bond acceptors (Lipinski definition) is 5. The molecule has 0 radical (unpaired) electrons. The van der Waals surface area contributed by atoms with E-state index in [1.807, 2.05) is 18.2 Å². The first-order valence-electron chi connectivity index (χ1n) is 7.08. The third kappa shape index (κ3) is 3.73. The molecule has 2 aromatic rings. The smallest absolute Gasteiger partial charge is 0.223 e. The van der Waals surface area contributed by atoms with Gasteiger partial charge in [-0.1, -0.05) is 23.7 Å². The van der Waals surface area contributed by atoms with Crippen LogP contribution in [-0.4, -0.2) is 29.2 Å². The van der Waals surface area contributed by atoms with Crippen LogP contribution in [0.1, 0.15) is 12.8 Å².